The summed E-state index contributed by atoms with van der Waals surface area (Å²) in [5.74, 6) is 1.02. The highest BCUT2D eigenvalue weighted by atomic mass is 32.2. The Morgan fingerprint density at radius 1 is 1.00 bits per heavy atom. The molecule has 0 bridgehead atoms. The van der Waals surface area contributed by atoms with Crippen LogP contribution >= 0.6 is 0 Å². The Hall–Kier alpha value is -3.39. The summed E-state index contributed by atoms with van der Waals surface area (Å²) >= 11 is 0. The van der Waals surface area contributed by atoms with Gasteiger partial charge in [0.1, 0.15) is 11.4 Å². The number of aryl methyl sites for hydroxylation is 2. The van der Waals surface area contributed by atoms with E-state index in [9.17, 15) is 13.2 Å². The zero-order chi connectivity index (χ0) is 29.1. The maximum absolute atomic E-state index is 12.7. The number of likely N-dealkylation sites (tertiary alicyclic amines) is 1. The summed E-state index contributed by atoms with van der Waals surface area (Å²) in [6.45, 7) is 7.86. The van der Waals surface area contributed by atoms with Crippen LogP contribution in [0.25, 0.3) is 11.1 Å². The molecule has 0 unspecified atom stereocenters. The normalized spacial score (nSPS) is 16.6. The van der Waals surface area contributed by atoms with Gasteiger partial charge in [0.05, 0.1) is 18.1 Å². The molecule has 8 heteroatoms. The Labute approximate surface area is 243 Å². The van der Waals surface area contributed by atoms with E-state index in [0.717, 1.165) is 53.8 Å². The monoisotopic (exact) mass is 576 g/mol. The van der Waals surface area contributed by atoms with Gasteiger partial charge in [-0.05, 0) is 64.8 Å². The predicted octanol–water partition coefficient (Wildman–Crippen LogP) is 6.25. The van der Waals surface area contributed by atoms with E-state index in [1.807, 2.05) is 48.5 Å². The molecule has 3 aromatic rings. The van der Waals surface area contributed by atoms with Gasteiger partial charge in [-0.1, -0.05) is 57.2 Å². The van der Waals surface area contributed by atoms with Crippen LogP contribution in [-0.4, -0.2) is 55.4 Å². The fourth-order valence-electron chi connectivity index (χ4n) is 5.44. The molecule has 0 radical (unpaired) electrons. The number of carbonyl (C=O) groups is 1. The third-order valence-corrected chi connectivity index (χ3v) is 9.47. The smallest absolute Gasteiger partial charge is 0.409 e. The largest absolute Gasteiger partial charge is 0.487 e. The van der Waals surface area contributed by atoms with Crippen LogP contribution in [0.2, 0.25) is 0 Å². The van der Waals surface area contributed by atoms with Crippen LogP contribution in [0.15, 0.2) is 66.9 Å². The number of benzene rings is 2. The van der Waals surface area contributed by atoms with E-state index in [-0.39, 0.29) is 28.6 Å². The van der Waals surface area contributed by atoms with E-state index in [1.165, 1.54) is 5.56 Å². The fraction of sp³-hybridized carbons (Fsp3) is 0.455. The summed E-state index contributed by atoms with van der Waals surface area (Å²) in [5, 5.41) is 0. The lowest BCUT2D eigenvalue weighted by Crippen LogP contribution is -2.51. The minimum atomic E-state index is -3.24. The number of ether oxygens (including phenoxy) is 2. The zero-order valence-electron chi connectivity index (χ0n) is 24.3. The molecule has 2 aliphatic rings. The number of rotatable bonds is 7. The maximum atomic E-state index is 12.7. The summed E-state index contributed by atoms with van der Waals surface area (Å²) in [6, 6.07) is 19.6. The minimum absolute atomic E-state index is 0.0198. The molecule has 1 fully saturated rings. The quantitative estimate of drug-likeness (QED) is 0.331. The molecule has 2 aliphatic heterocycles. The first-order valence-electron chi connectivity index (χ1n) is 14.4. The summed E-state index contributed by atoms with van der Waals surface area (Å²) < 4.78 is 37.4. The lowest BCUT2D eigenvalue weighted by atomic mass is 9.82. The summed E-state index contributed by atoms with van der Waals surface area (Å²) in [6.07, 6.45) is 5.30. The van der Waals surface area contributed by atoms with Gasteiger partial charge in [0.2, 0.25) is 0 Å². The van der Waals surface area contributed by atoms with E-state index in [2.05, 4.69) is 37.9 Å². The third kappa shape index (κ3) is 7.67. The number of fused-ring (bicyclic) bond motifs is 1. The van der Waals surface area contributed by atoms with Gasteiger partial charge in [-0.25, -0.2) is 13.2 Å². The van der Waals surface area contributed by atoms with Crippen molar-refractivity contribution >= 4 is 15.9 Å². The molecule has 1 aromatic heterocycles. The highest BCUT2D eigenvalue weighted by Gasteiger charge is 2.41. The van der Waals surface area contributed by atoms with Crippen LogP contribution in [0.1, 0.15) is 56.9 Å². The molecule has 41 heavy (non-hydrogen) atoms. The number of carbonyl (C=O) groups excluding carboxylic acids is 1. The molecule has 0 aliphatic carbocycles. The second-order valence-electron chi connectivity index (χ2n) is 12.6. The number of piperidine rings is 1. The molecule has 1 saturated heterocycles. The van der Waals surface area contributed by atoms with E-state index >= 15 is 0 Å². The van der Waals surface area contributed by atoms with Gasteiger partial charge in [-0.3, -0.25) is 4.98 Å². The van der Waals surface area contributed by atoms with Crippen molar-refractivity contribution in [3.63, 3.8) is 0 Å². The number of nitrogens with zero attached hydrogens (tertiary/aromatic N) is 2. The van der Waals surface area contributed by atoms with Gasteiger partial charge >= 0.3 is 6.09 Å². The Bertz CT molecular complexity index is 1460. The van der Waals surface area contributed by atoms with Gasteiger partial charge in [0.15, 0.2) is 9.84 Å². The Morgan fingerprint density at radius 3 is 2.41 bits per heavy atom. The molecule has 3 heterocycles. The lowest BCUT2D eigenvalue weighted by molar-refractivity contribution is -0.0171. The van der Waals surface area contributed by atoms with Crippen molar-refractivity contribution in [3.05, 3.63) is 83.7 Å². The highest BCUT2D eigenvalue weighted by molar-refractivity contribution is 7.90. The summed E-state index contributed by atoms with van der Waals surface area (Å²) in [7, 11) is -3.24. The average Bonchev–Trinajstić information content (AvgIpc) is 2.95. The molecule has 2 aromatic carbocycles. The fourth-order valence-corrected chi connectivity index (χ4v) is 6.81. The van der Waals surface area contributed by atoms with Gasteiger partial charge < -0.3 is 14.4 Å². The minimum Gasteiger partial charge on any atom is -0.487 e. The van der Waals surface area contributed by atoms with E-state index < -0.39 is 9.84 Å². The standard InChI is InChI=1S/C33H40N2O5S/c1-32(2,3)24-39-31(36)35-19-16-33(17-20-35)15-13-28-22-27(11-12-30(28)40-33)26-9-7-25(8-10-26)23-41(37,38)21-14-29-6-4-5-18-34-29/h4-12,18,22H,13-17,19-21,23-24H2,1-3H3. The molecule has 0 saturated carbocycles. The van der Waals surface area contributed by atoms with Gasteiger partial charge in [-0.15, -0.1) is 0 Å². The van der Waals surface area contributed by atoms with Crippen molar-refractivity contribution in [3.8, 4) is 16.9 Å². The van der Waals surface area contributed by atoms with Gasteiger partial charge in [0, 0.05) is 44.2 Å². The second kappa shape index (κ2) is 11.8. The van der Waals surface area contributed by atoms with Crippen molar-refractivity contribution < 1.29 is 22.7 Å². The first kappa shape index (κ1) is 29.1. The number of amides is 1. The van der Waals surface area contributed by atoms with Crippen LogP contribution in [0, 0.1) is 5.41 Å². The highest BCUT2D eigenvalue weighted by Crippen LogP contribution is 2.41. The number of hydrogen-bond donors (Lipinski definition) is 0. The van der Waals surface area contributed by atoms with Gasteiger partial charge in [0.25, 0.3) is 0 Å². The predicted molar refractivity (Wildman–Crippen MR) is 161 cm³/mol. The van der Waals surface area contributed by atoms with E-state index in [4.69, 9.17) is 9.47 Å². The number of pyridine rings is 1. The SMILES string of the molecule is CC(C)(C)COC(=O)N1CCC2(CCc3cc(-c4ccc(CS(=O)(=O)CCc5ccccn5)cc4)ccc3O2)CC1. The van der Waals surface area contributed by atoms with Crippen LogP contribution < -0.4 is 4.74 Å². The van der Waals surface area contributed by atoms with Crippen molar-refractivity contribution in [2.75, 3.05) is 25.4 Å². The number of sulfone groups is 1. The molecule has 0 atom stereocenters. The van der Waals surface area contributed by atoms with Crippen molar-refractivity contribution in [1.29, 1.82) is 0 Å². The number of hydrogen-bond acceptors (Lipinski definition) is 6. The first-order valence-corrected chi connectivity index (χ1v) is 16.2. The molecule has 1 spiro atoms. The first-order chi connectivity index (χ1) is 19.5. The van der Waals surface area contributed by atoms with Crippen molar-refractivity contribution in [2.45, 2.75) is 64.2 Å². The summed E-state index contributed by atoms with van der Waals surface area (Å²) in [4.78, 5) is 18.5. The zero-order valence-corrected chi connectivity index (χ0v) is 25.1. The van der Waals surface area contributed by atoms with Crippen LogP contribution in [0.3, 0.4) is 0 Å². The lowest BCUT2D eigenvalue weighted by Gasteiger charge is -2.44. The second-order valence-corrected chi connectivity index (χ2v) is 14.8. The van der Waals surface area contributed by atoms with Crippen molar-refractivity contribution in [2.24, 2.45) is 5.41 Å². The van der Waals surface area contributed by atoms with Crippen LogP contribution in [-0.2, 0) is 33.2 Å². The molecule has 1 amide bonds. The topological polar surface area (TPSA) is 85.8 Å². The summed E-state index contributed by atoms with van der Waals surface area (Å²) in [5.41, 5.74) is 4.60. The maximum Gasteiger partial charge on any atom is 0.409 e. The Morgan fingerprint density at radius 2 is 1.73 bits per heavy atom. The molecule has 218 valence electrons. The molecule has 0 N–H and O–H groups in total. The van der Waals surface area contributed by atoms with Crippen LogP contribution in [0.5, 0.6) is 5.75 Å². The Balaban J connectivity index is 1.16. The van der Waals surface area contributed by atoms with Gasteiger partial charge in [-0.2, -0.15) is 0 Å². The van der Waals surface area contributed by atoms with E-state index in [0.29, 0.717) is 26.1 Å². The molecular weight excluding hydrogens is 536 g/mol. The molecule has 5 rings (SSSR count). The molecule has 7 nitrogen and oxygen atoms in total. The molecular formula is C33H40N2O5S. The van der Waals surface area contributed by atoms with Crippen LogP contribution in [0.4, 0.5) is 4.79 Å². The van der Waals surface area contributed by atoms with E-state index in [1.54, 1.807) is 11.1 Å². The number of aromatic nitrogens is 1. The van der Waals surface area contributed by atoms with Crippen molar-refractivity contribution in [1.82, 2.24) is 9.88 Å². The Kier molecular flexibility index (Phi) is 8.41. The third-order valence-electron chi connectivity index (χ3n) is 7.87. The average molecular weight is 577 g/mol.